The fourth-order valence-electron chi connectivity index (χ4n) is 9.59. The third-order valence-electron chi connectivity index (χ3n) is 14.1. The lowest BCUT2D eigenvalue weighted by atomic mass is 9.83. The largest absolute Gasteiger partial charge is 0.491 e. The topological polar surface area (TPSA) is 192 Å². The Kier molecular flexibility index (Phi) is 18.7. The van der Waals surface area contributed by atoms with Crippen molar-refractivity contribution in [1.29, 1.82) is 0 Å². The van der Waals surface area contributed by atoms with Gasteiger partial charge in [-0.2, -0.15) is 0 Å². The molecule has 16 nitrogen and oxygen atoms in total. The lowest BCUT2D eigenvalue weighted by Gasteiger charge is -2.42. The quantitative estimate of drug-likeness (QED) is 0.0421. The lowest BCUT2D eigenvalue weighted by Crippen LogP contribution is -2.60. The number of carbonyl (C=O) groups excluding carboxylic acids is 2. The molecule has 2 amide bonds. The summed E-state index contributed by atoms with van der Waals surface area (Å²) in [5.74, 6) is 0.642. The third kappa shape index (κ3) is 13.9. The Bertz CT molecular complexity index is 3060. The summed E-state index contributed by atoms with van der Waals surface area (Å²) in [5.41, 5.74) is 8.77. The van der Waals surface area contributed by atoms with Crippen molar-refractivity contribution in [3.05, 3.63) is 113 Å². The summed E-state index contributed by atoms with van der Waals surface area (Å²) >= 11 is 1.57. The zero-order valence-electron chi connectivity index (χ0n) is 45.2. The van der Waals surface area contributed by atoms with Crippen molar-refractivity contribution in [2.75, 3.05) is 71.8 Å². The molecule has 0 radical (unpaired) electrons. The van der Waals surface area contributed by atoms with Gasteiger partial charge >= 0.3 is 0 Å². The highest BCUT2D eigenvalue weighted by Gasteiger charge is 2.42. The molecule has 0 spiro atoms. The van der Waals surface area contributed by atoms with Crippen molar-refractivity contribution < 1.29 is 41.7 Å². The molecule has 1 aliphatic carbocycles. The molecule has 408 valence electrons. The second-order valence-electron chi connectivity index (χ2n) is 21.7. The number of nitrogens with one attached hydrogen (secondary N) is 4. The minimum Gasteiger partial charge on any atom is -0.491 e. The molecule has 1 aliphatic heterocycles. The molecule has 4 aromatic carbocycles. The first-order valence-corrected chi connectivity index (χ1v) is 28.7. The van der Waals surface area contributed by atoms with Crippen LogP contribution < -0.4 is 30.7 Å². The molecule has 3 heterocycles. The number of amides is 2. The van der Waals surface area contributed by atoms with Gasteiger partial charge in [-0.15, -0.1) is 11.3 Å². The van der Waals surface area contributed by atoms with Crippen LogP contribution >= 0.6 is 11.3 Å². The van der Waals surface area contributed by atoms with E-state index in [1.165, 1.54) is 5.56 Å². The molecular formula is C58H75N7O9S2. The Morgan fingerprint density at radius 2 is 1.53 bits per heavy atom. The van der Waals surface area contributed by atoms with E-state index in [1.807, 2.05) is 61.6 Å². The summed E-state index contributed by atoms with van der Waals surface area (Å²) < 4.78 is 57.4. The molecule has 2 aromatic heterocycles. The summed E-state index contributed by atoms with van der Waals surface area (Å²) in [6.07, 6.45) is 4.92. The molecule has 0 fully saturated rings. The summed E-state index contributed by atoms with van der Waals surface area (Å²) in [6.45, 7) is 16.5. The van der Waals surface area contributed by atoms with E-state index in [1.54, 1.807) is 60.8 Å². The van der Waals surface area contributed by atoms with Gasteiger partial charge in [-0.25, -0.2) is 13.4 Å². The first-order valence-electron chi connectivity index (χ1n) is 26.4. The molecule has 18 heteroatoms. The van der Waals surface area contributed by atoms with Gasteiger partial charge in [0.05, 0.1) is 77.7 Å². The number of pyridine rings is 1. The third-order valence-corrected chi connectivity index (χ3v) is 17.4. The smallest absolute Gasteiger partial charge is 0.243 e. The molecule has 0 saturated heterocycles. The number of fused-ring (bicyclic) bond motifs is 4. The molecule has 4 atom stereocenters. The van der Waals surface area contributed by atoms with E-state index in [-0.39, 0.29) is 54.3 Å². The number of carbonyl (C=O) groups is 2. The first kappa shape index (κ1) is 56.5. The number of aromatic nitrogens is 2. The molecule has 6 aromatic rings. The van der Waals surface area contributed by atoms with Crippen LogP contribution in [0.15, 0.2) is 95.5 Å². The minimum atomic E-state index is -3.82. The molecule has 2 aliphatic rings. The first-order chi connectivity index (χ1) is 36.4. The van der Waals surface area contributed by atoms with Crippen LogP contribution in [0.25, 0.3) is 21.1 Å². The van der Waals surface area contributed by atoms with Crippen molar-refractivity contribution in [2.24, 2.45) is 5.41 Å². The average molecular weight is 1080 g/mol. The van der Waals surface area contributed by atoms with E-state index in [9.17, 15) is 18.0 Å². The number of aryl methyl sites for hydroxylation is 1. The number of hydrogen-bond donors (Lipinski definition) is 4. The van der Waals surface area contributed by atoms with Crippen molar-refractivity contribution in [2.45, 2.75) is 115 Å². The number of rotatable bonds is 24. The van der Waals surface area contributed by atoms with Gasteiger partial charge in [-0.3, -0.25) is 14.6 Å². The van der Waals surface area contributed by atoms with Gasteiger partial charge in [0, 0.05) is 54.6 Å². The molecule has 76 heavy (non-hydrogen) atoms. The summed E-state index contributed by atoms with van der Waals surface area (Å²) in [6, 6.07) is 24.1. The van der Waals surface area contributed by atoms with Gasteiger partial charge in [0.2, 0.25) is 11.8 Å². The molecule has 4 N–H and O–H groups in total. The van der Waals surface area contributed by atoms with Crippen LogP contribution in [0.2, 0.25) is 0 Å². The number of hydrogen-bond acceptors (Lipinski definition) is 15. The molecular weight excluding hydrogens is 1000 g/mol. The number of thiazole rings is 1. The Hall–Kier alpha value is -5.73. The van der Waals surface area contributed by atoms with Gasteiger partial charge in [0.25, 0.3) is 0 Å². The SMILES string of the molecule is CN[C@@H](C)CN[C@H](C(=O)N1Cc2cc(OCCOCCOCCOCCOc3cc4nccc(Nc5ccc6scnc6c5)c4cc3S(=O)(=O)C(C)(C)C)ccc2C[C@H]1C(=O)N[C@@H]1CCCc2ccccc21)C(C)(C)C. The maximum Gasteiger partial charge on any atom is 0.243 e. The number of benzene rings is 4. The maximum atomic E-state index is 14.7. The van der Waals surface area contributed by atoms with Crippen molar-refractivity contribution in [1.82, 2.24) is 30.8 Å². The van der Waals surface area contributed by atoms with E-state index in [0.29, 0.717) is 74.9 Å². The number of ether oxygens (including phenoxy) is 5. The van der Waals surface area contributed by atoms with Gasteiger partial charge in [0.15, 0.2) is 9.84 Å². The average Bonchev–Trinajstić information content (AvgIpc) is 3.94. The van der Waals surface area contributed by atoms with Crippen LogP contribution in [0.5, 0.6) is 11.5 Å². The summed E-state index contributed by atoms with van der Waals surface area (Å²) in [7, 11) is -1.91. The highest BCUT2D eigenvalue weighted by molar-refractivity contribution is 7.92. The van der Waals surface area contributed by atoms with Crippen LogP contribution in [0.3, 0.4) is 0 Å². The van der Waals surface area contributed by atoms with Crippen molar-refractivity contribution in [3.63, 3.8) is 0 Å². The van der Waals surface area contributed by atoms with Crippen molar-refractivity contribution >= 4 is 65.5 Å². The summed E-state index contributed by atoms with van der Waals surface area (Å²) in [4.78, 5) is 39.9. The van der Waals surface area contributed by atoms with Gasteiger partial charge < -0.3 is 49.9 Å². The van der Waals surface area contributed by atoms with E-state index < -0.39 is 32.1 Å². The Labute approximate surface area is 451 Å². The molecule has 0 bridgehead atoms. The standard InChI is InChI=1S/C58H75N7O9S2/c1-38(59-8)35-61-54(57(2,3)4)56(67)65-36-41-30-43(18-16-40(41)31-50(65)55(66)64-46-15-11-13-39-12-9-10-14-44(39)46)73-28-26-71-24-22-70-23-25-72-27-29-74-51-34-48-45(33-53(51)76(68,69)58(5,6)7)47(20-21-60-48)63-42-17-19-52-49(32-42)62-37-75-52/h9-10,12,14,16-21,30,32-34,37-38,46,50,54,59,61H,11,13,15,22-29,31,35-36H2,1-8H3,(H,60,63)(H,64,66)/t38-,46+,50-,54+/m0/s1. The van der Waals surface area contributed by atoms with E-state index >= 15 is 0 Å². The van der Waals surface area contributed by atoms with Crippen LogP contribution in [-0.4, -0.2) is 124 Å². The lowest BCUT2D eigenvalue weighted by molar-refractivity contribution is -0.146. The van der Waals surface area contributed by atoms with E-state index in [0.717, 1.165) is 51.9 Å². The van der Waals surface area contributed by atoms with Gasteiger partial charge in [0.1, 0.15) is 35.7 Å². The second kappa shape index (κ2) is 25.2. The monoisotopic (exact) mass is 1080 g/mol. The zero-order valence-corrected chi connectivity index (χ0v) is 46.8. The number of likely N-dealkylation sites (N-methyl/N-ethyl adjacent to an activating group) is 1. The fourth-order valence-corrected chi connectivity index (χ4v) is 11.6. The number of sulfone groups is 1. The normalized spacial score (nSPS) is 16.7. The van der Waals surface area contributed by atoms with Crippen molar-refractivity contribution in [3.8, 4) is 11.5 Å². The number of anilines is 2. The highest BCUT2D eigenvalue weighted by atomic mass is 32.2. The predicted octanol–water partition coefficient (Wildman–Crippen LogP) is 8.73. The minimum absolute atomic E-state index is 0.0838. The van der Waals surface area contributed by atoms with Crippen LogP contribution in [0.4, 0.5) is 11.4 Å². The van der Waals surface area contributed by atoms with Gasteiger partial charge in [-0.05, 0) is 124 Å². The van der Waals surface area contributed by atoms with E-state index in [4.69, 9.17) is 23.7 Å². The highest BCUT2D eigenvalue weighted by Crippen LogP contribution is 2.39. The van der Waals surface area contributed by atoms with Gasteiger partial charge in [-0.1, -0.05) is 51.1 Å². The Balaban J connectivity index is 0.788. The van der Waals surface area contributed by atoms with Crippen LogP contribution in [-0.2, 0) is 53.0 Å². The van der Waals surface area contributed by atoms with Crippen LogP contribution in [0, 0.1) is 5.41 Å². The molecule has 0 saturated carbocycles. The maximum absolute atomic E-state index is 14.7. The fraction of sp³-hybridized carbons (Fsp3) is 0.483. The Morgan fingerprint density at radius 1 is 0.803 bits per heavy atom. The number of nitrogens with zero attached hydrogens (tertiary/aromatic N) is 3. The second-order valence-corrected chi connectivity index (χ2v) is 25.2. The zero-order chi connectivity index (χ0) is 54.0. The van der Waals surface area contributed by atoms with E-state index in [2.05, 4.69) is 71.1 Å². The summed E-state index contributed by atoms with van der Waals surface area (Å²) in [5, 5.41) is 14.2. The predicted molar refractivity (Wildman–Crippen MR) is 300 cm³/mol. The van der Waals surface area contributed by atoms with Crippen LogP contribution in [0.1, 0.15) is 89.6 Å². The molecule has 8 rings (SSSR count). The Morgan fingerprint density at radius 3 is 2.25 bits per heavy atom. The molecule has 0 unspecified atom stereocenters.